The van der Waals surface area contributed by atoms with Crippen LogP contribution in [-0.2, 0) is 19.6 Å². The second-order valence-corrected chi connectivity index (χ2v) is 11.3. The molecule has 1 saturated heterocycles. The second-order valence-electron chi connectivity index (χ2n) is 8.39. The molecular weight excluding hydrogens is 458 g/mol. The van der Waals surface area contributed by atoms with Gasteiger partial charge in [0.25, 0.3) is 0 Å². The van der Waals surface area contributed by atoms with E-state index >= 15 is 0 Å². The van der Waals surface area contributed by atoms with Gasteiger partial charge >= 0.3 is 0 Å². The highest BCUT2D eigenvalue weighted by molar-refractivity contribution is 7.89. The van der Waals surface area contributed by atoms with Gasteiger partial charge in [0.15, 0.2) is 5.13 Å². The van der Waals surface area contributed by atoms with Crippen LogP contribution in [-0.4, -0.2) is 57.0 Å². The van der Waals surface area contributed by atoms with Crippen LogP contribution >= 0.6 is 11.3 Å². The number of carbonyl (C=O) groups is 1. The van der Waals surface area contributed by atoms with Crippen molar-refractivity contribution in [3.05, 3.63) is 53.6 Å². The number of carbonyl (C=O) groups excluding carboxylic acids is 1. The molecule has 9 heteroatoms. The first-order chi connectivity index (χ1) is 15.8. The first-order valence-corrected chi connectivity index (χ1v) is 13.3. The summed E-state index contributed by atoms with van der Waals surface area (Å²) in [5.41, 5.74) is 2.64. The van der Waals surface area contributed by atoms with Crippen LogP contribution in [0.4, 0.5) is 5.13 Å². The van der Waals surface area contributed by atoms with E-state index in [0.29, 0.717) is 49.1 Å². The van der Waals surface area contributed by atoms with Crippen LogP contribution in [0.1, 0.15) is 24.0 Å². The number of rotatable bonds is 7. The van der Waals surface area contributed by atoms with E-state index in [0.717, 1.165) is 21.3 Å². The number of aromatic nitrogens is 1. The molecule has 0 aliphatic carbocycles. The Morgan fingerprint density at radius 2 is 1.91 bits per heavy atom. The third kappa shape index (κ3) is 4.96. The summed E-state index contributed by atoms with van der Waals surface area (Å²) in [5, 5.41) is 0.656. The second kappa shape index (κ2) is 9.89. The lowest BCUT2D eigenvalue weighted by atomic mass is 9.96. The molecule has 1 aromatic heterocycles. The molecule has 0 saturated carbocycles. The maximum absolute atomic E-state index is 13.5. The molecule has 33 heavy (non-hydrogen) atoms. The number of hydrogen-bond acceptors (Lipinski definition) is 6. The van der Waals surface area contributed by atoms with Gasteiger partial charge in [0, 0.05) is 26.1 Å². The SMILES string of the molecule is COCCN(C(=O)C1CCN(S(=O)(=O)c2ccc(C)cc2C)CC1)c1nc2ccccc2s1. The fourth-order valence-corrected chi connectivity index (χ4v) is 6.92. The molecule has 1 fully saturated rings. The molecule has 3 aromatic rings. The van der Waals surface area contributed by atoms with Crippen molar-refractivity contribution in [2.24, 2.45) is 5.92 Å². The van der Waals surface area contributed by atoms with Crippen LogP contribution in [0.3, 0.4) is 0 Å². The average Bonchev–Trinajstić information content (AvgIpc) is 3.23. The molecule has 0 atom stereocenters. The number of aryl methyl sites for hydroxylation is 2. The molecule has 7 nitrogen and oxygen atoms in total. The van der Waals surface area contributed by atoms with Gasteiger partial charge in [0.1, 0.15) is 0 Å². The number of sulfonamides is 1. The number of fused-ring (bicyclic) bond motifs is 1. The number of ether oxygens (including phenoxy) is 1. The monoisotopic (exact) mass is 487 g/mol. The average molecular weight is 488 g/mol. The van der Waals surface area contributed by atoms with Gasteiger partial charge in [0.2, 0.25) is 15.9 Å². The van der Waals surface area contributed by atoms with Crippen molar-refractivity contribution in [1.29, 1.82) is 0 Å². The molecule has 4 rings (SSSR count). The summed E-state index contributed by atoms with van der Waals surface area (Å²) >= 11 is 1.49. The number of para-hydroxylation sites is 1. The molecule has 1 amide bonds. The fourth-order valence-electron chi connectivity index (χ4n) is 4.25. The standard InChI is InChI=1S/C24H29N3O4S2/c1-17-8-9-22(18(2)16-17)33(29,30)26-12-10-19(11-13-26)23(28)27(14-15-31-3)24-25-20-6-4-5-7-21(20)32-24/h4-9,16,19H,10-15H2,1-3H3. The summed E-state index contributed by atoms with van der Waals surface area (Å²) in [5.74, 6) is -0.269. The van der Waals surface area contributed by atoms with Gasteiger partial charge < -0.3 is 4.74 Å². The maximum Gasteiger partial charge on any atom is 0.243 e. The minimum Gasteiger partial charge on any atom is -0.383 e. The van der Waals surface area contributed by atoms with E-state index in [1.165, 1.54) is 15.6 Å². The van der Waals surface area contributed by atoms with Crippen molar-refractivity contribution in [2.45, 2.75) is 31.6 Å². The third-order valence-electron chi connectivity index (χ3n) is 6.05. The van der Waals surface area contributed by atoms with Crippen molar-refractivity contribution < 1.29 is 17.9 Å². The van der Waals surface area contributed by atoms with Gasteiger partial charge in [-0.25, -0.2) is 13.4 Å². The van der Waals surface area contributed by atoms with Crippen molar-refractivity contribution in [1.82, 2.24) is 9.29 Å². The Bertz CT molecular complexity index is 1210. The molecule has 0 spiro atoms. The minimum atomic E-state index is -3.58. The van der Waals surface area contributed by atoms with E-state index in [2.05, 4.69) is 4.98 Å². The van der Waals surface area contributed by atoms with E-state index < -0.39 is 10.0 Å². The van der Waals surface area contributed by atoms with E-state index in [9.17, 15) is 13.2 Å². The van der Waals surface area contributed by atoms with Crippen LogP contribution < -0.4 is 4.90 Å². The van der Waals surface area contributed by atoms with Gasteiger partial charge in [-0.3, -0.25) is 9.69 Å². The molecule has 0 radical (unpaired) electrons. The summed E-state index contributed by atoms with van der Waals surface area (Å²) in [6, 6.07) is 13.2. The topological polar surface area (TPSA) is 79.8 Å². The van der Waals surface area contributed by atoms with Crippen LogP contribution in [0.25, 0.3) is 10.2 Å². The van der Waals surface area contributed by atoms with Gasteiger partial charge in [-0.15, -0.1) is 0 Å². The molecule has 2 aromatic carbocycles. The Labute approximate surface area is 199 Å². The fraction of sp³-hybridized carbons (Fsp3) is 0.417. The molecule has 1 aliphatic heterocycles. The molecule has 0 bridgehead atoms. The normalized spacial score (nSPS) is 15.7. The van der Waals surface area contributed by atoms with Crippen molar-refractivity contribution >= 4 is 42.6 Å². The maximum atomic E-state index is 13.5. The zero-order valence-electron chi connectivity index (χ0n) is 19.2. The molecule has 176 valence electrons. The van der Waals surface area contributed by atoms with Gasteiger partial charge in [0.05, 0.1) is 28.3 Å². The zero-order chi connectivity index (χ0) is 23.6. The lowest BCUT2D eigenvalue weighted by Crippen LogP contribution is -2.45. The summed E-state index contributed by atoms with van der Waals surface area (Å²) in [7, 11) is -1.98. The van der Waals surface area contributed by atoms with Crippen LogP contribution in [0.15, 0.2) is 47.4 Å². The van der Waals surface area contributed by atoms with E-state index in [-0.39, 0.29) is 11.8 Å². The van der Waals surface area contributed by atoms with E-state index in [1.54, 1.807) is 18.1 Å². The predicted octanol–water partition coefficient (Wildman–Crippen LogP) is 3.99. The third-order valence-corrected chi connectivity index (χ3v) is 9.17. The quantitative estimate of drug-likeness (QED) is 0.503. The largest absolute Gasteiger partial charge is 0.383 e. The molecular formula is C24H29N3O4S2. The van der Waals surface area contributed by atoms with Crippen molar-refractivity contribution in [3.8, 4) is 0 Å². The number of anilines is 1. The van der Waals surface area contributed by atoms with Crippen LogP contribution in [0, 0.1) is 19.8 Å². The number of piperidine rings is 1. The summed E-state index contributed by atoms with van der Waals surface area (Å²) < 4.78 is 34.2. The smallest absolute Gasteiger partial charge is 0.243 e. The van der Waals surface area contributed by atoms with Crippen molar-refractivity contribution in [3.63, 3.8) is 0 Å². The molecule has 0 N–H and O–H groups in total. The highest BCUT2D eigenvalue weighted by Crippen LogP contribution is 2.32. The number of methoxy groups -OCH3 is 1. The highest BCUT2D eigenvalue weighted by Gasteiger charge is 2.35. The van der Waals surface area contributed by atoms with Crippen molar-refractivity contribution in [2.75, 3.05) is 38.3 Å². The summed E-state index contributed by atoms with van der Waals surface area (Å²) in [6.07, 6.45) is 0.967. The Hall–Kier alpha value is -2.33. The van der Waals surface area contributed by atoms with Gasteiger partial charge in [-0.05, 0) is 50.5 Å². The number of amides is 1. The van der Waals surface area contributed by atoms with Gasteiger partial charge in [-0.2, -0.15) is 4.31 Å². The molecule has 0 unspecified atom stereocenters. The first kappa shape index (κ1) is 23.8. The Balaban J connectivity index is 1.49. The number of thiazole rings is 1. The molecule has 2 heterocycles. The number of hydrogen-bond donors (Lipinski definition) is 0. The van der Waals surface area contributed by atoms with Crippen LogP contribution in [0.5, 0.6) is 0 Å². The molecule has 1 aliphatic rings. The summed E-state index contributed by atoms with van der Waals surface area (Å²) in [4.78, 5) is 20.2. The predicted molar refractivity (Wildman–Crippen MR) is 131 cm³/mol. The number of nitrogens with zero attached hydrogens (tertiary/aromatic N) is 3. The van der Waals surface area contributed by atoms with Crippen LogP contribution in [0.2, 0.25) is 0 Å². The van der Waals surface area contributed by atoms with Gasteiger partial charge in [-0.1, -0.05) is 41.2 Å². The lowest BCUT2D eigenvalue weighted by molar-refractivity contribution is -0.123. The highest BCUT2D eigenvalue weighted by atomic mass is 32.2. The minimum absolute atomic E-state index is 0.0188. The zero-order valence-corrected chi connectivity index (χ0v) is 20.8. The van der Waals surface area contributed by atoms with E-state index in [1.807, 2.05) is 50.2 Å². The Morgan fingerprint density at radius 1 is 1.18 bits per heavy atom. The van der Waals surface area contributed by atoms with E-state index in [4.69, 9.17) is 4.74 Å². The number of benzene rings is 2. The first-order valence-electron chi connectivity index (χ1n) is 11.0. The Kier molecular flexibility index (Phi) is 7.13. The lowest BCUT2D eigenvalue weighted by Gasteiger charge is -2.33. The Morgan fingerprint density at radius 3 is 2.58 bits per heavy atom. The summed E-state index contributed by atoms with van der Waals surface area (Å²) in [6.45, 7) is 5.23.